The number of carbonyl (C=O) groups excluding carboxylic acids is 1. The van der Waals surface area contributed by atoms with Gasteiger partial charge in [-0.1, -0.05) is 29.8 Å². The number of nitrogens with one attached hydrogen (secondary N) is 2. The van der Waals surface area contributed by atoms with Crippen LogP contribution in [0.3, 0.4) is 0 Å². The zero-order valence-corrected chi connectivity index (χ0v) is 14.8. The van der Waals surface area contributed by atoms with Crippen molar-refractivity contribution in [3.8, 4) is 0 Å². The third-order valence-electron chi connectivity index (χ3n) is 4.12. The van der Waals surface area contributed by atoms with Crippen molar-refractivity contribution in [3.05, 3.63) is 84.1 Å². The quantitative estimate of drug-likeness (QED) is 0.559. The lowest BCUT2D eigenvalue weighted by molar-refractivity contribution is 0.0938. The fourth-order valence-corrected chi connectivity index (χ4v) is 2.71. The van der Waals surface area contributed by atoms with Gasteiger partial charge in [-0.25, -0.2) is 9.97 Å². The molecule has 4 aromatic rings. The van der Waals surface area contributed by atoms with Gasteiger partial charge in [0.25, 0.3) is 5.91 Å². The molecule has 134 valence electrons. The first kappa shape index (κ1) is 16.8. The van der Waals surface area contributed by atoms with Gasteiger partial charge >= 0.3 is 0 Å². The van der Waals surface area contributed by atoms with Crippen molar-refractivity contribution in [3.63, 3.8) is 0 Å². The Morgan fingerprint density at radius 3 is 2.59 bits per heavy atom. The first-order valence-electron chi connectivity index (χ1n) is 8.60. The van der Waals surface area contributed by atoms with Gasteiger partial charge in [-0.2, -0.15) is 0 Å². The molecule has 0 unspecified atom stereocenters. The third-order valence-corrected chi connectivity index (χ3v) is 4.12. The van der Waals surface area contributed by atoms with Crippen LogP contribution in [0.2, 0.25) is 0 Å². The van der Waals surface area contributed by atoms with E-state index in [0.29, 0.717) is 17.1 Å². The van der Waals surface area contributed by atoms with E-state index in [1.54, 1.807) is 18.4 Å². The molecule has 0 saturated heterocycles. The van der Waals surface area contributed by atoms with Crippen LogP contribution in [0.1, 0.15) is 21.9 Å². The number of rotatable bonds is 5. The number of hydrogen-bond acceptors (Lipinski definition) is 5. The molecule has 0 aliphatic carbocycles. The van der Waals surface area contributed by atoms with Crippen LogP contribution >= 0.6 is 0 Å². The molecule has 0 bridgehead atoms. The summed E-state index contributed by atoms with van der Waals surface area (Å²) in [7, 11) is 0. The summed E-state index contributed by atoms with van der Waals surface area (Å²) in [6.45, 7) is 2.31. The summed E-state index contributed by atoms with van der Waals surface area (Å²) in [5, 5.41) is 6.92. The summed E-state index contributed by atoms with van der Waals surface area (Å²) in [4.78, 5) is 21.4. The SMILES string of the molecule is Cc1ccc(Nc2nc(C(=O)NCc3ccco3)nc3ccccc23)cc1. The predicted molar refractivity (Wildman–Crippen MR) is 104 cm³/mol. The Hall–Kier alpha value is -3.67. The topological polar surface area (TPSA) is 80.0 Å². The third kappa shape index (κ3) is 3.79. The molecule has 0 atom stereocenters. The van der Waals surface area contributed by atoms with Crippen molar-refractivity contribution in [2.75, 3.05) is 5.32 Å². The van der Waals surface area contributed by atoms with Gasteiger partial charge in [-0.3, -0.25) is 4.79 Å². The van der Waals surface area contributed by atoms with E-state index in [0.717, 1.165) is 11.1 Å². The van der Waals surface area contributed by atoms with Crippen LogP contribution in [0, 0.1) is 6.92 Å². The van der Waals surface area contributed by atoms with E-state index >= 15 is 0 Å². The molecule has 2 N–H and O–H groups in total. The van der Waals surface area contributed by atoms with Gasteiger partial charge in [0, 0.05) is 11.1 Å². The van der Waals surface area contributed by atoms with Crippen LogP contribution in [0.5, 0.6) is 0 Å². The molecular weight excluding hydrogens is 340 g/mol. The highest BCUT2D eigenvalue weighted by molar-refractivity contribution is 5.97. The Kier molecular flexibility index (Phi) is 4.53. The number of hydrogen-bond donors (Lipinski definition) is 2. The molecule has 0 fully saturated rings. The van der Waals surface area contributed by atoms with E-state index in [1.165, 1.54) is 5.56 Å². The van der Waals surface area contributed by atoms with E-state index in [4.69, 9.17) is 4.42 Å². The highest BCUT2D eigenvalue weighted by Gasteiger charge is 2.14. The maximum absolute atomic E-state index is 12.5. The average molecular weight is 358 g/mol. The van der Waals surface area contributed by atoms with Crippen LogP contribution in [-0.2, 0) is 6.54 Å². The van der Waals surface area contributed by atoms with Gasteiger partial charge in [-0.05, 0) is 43.3 Å². The molecule has 0 aliphatic heterocycles. The number of aryl methyl sites for hydroxylation is 1. The van der Waals surface area contributed by atoms with Gasteiger partial charge in [0.2, 0.25) is 5.82 Å². The van der Waals surface area contributed by atoms with Crippen molar-refractivity contribution in [2.45, 2.75) is 13.5 Å². The summed E-state index contributed by atoms with van der Waals surface area (Å²) in [5.41, 5.74) is 2.77. The second-order valence-electron chi connectivity index (χ2n) is 6.17. The van der Waals surface area contributed by atoms with Gasteiger partial charge in [0.1, 0.15) is 11.6 Å². The zero-order chi connectivity index (χ0) is 18.6. The Morgan fingerprint density at radius 2 is 1.81 bits per heavy atom. The Balaban J connectivity index is 1.65. The van der Waals surface area contributed by atoms with Crippen LogP contribution in [-0.4, -0.2) is 15.9 Å². The van der Waals surface area contributed by atoms with Crippen LogP contribution in [0.25, 0.3) is 10.9 Å². The summed E-state index contributed by atoms with van der Waals surface area (Å²) >= 11 is 0. The number of nitrogens with zero attached hydrogens (tertiary/aromatic N) is 2. The number of benzene rings is 2. The average Bonchev–Trinajstić information content (AvgIpc) is 3.21. The standard InChI is InChI=1S/C21H18N4O2/c1-14-8-10-15(11-9-14)23-19-17-6-2-3-7-18(17)24-20(25-19)21(26)22-13-16-5-4-12-27-16/h2-12H,13H2,1H3,(H,22,26)(H,23,24,25). The predicted octanol–water partition coefficient (Wildman–Crippen LogP) is 4.20. The van der Waals surface area contributed by atoms with Crippen molar-refractivity contribution in [1.82, 2.24) is 15.3 Å². The van der Waals surface area contributed by atoms with Gasteiger partial charge < -0.3 is 15.1 Å². The normalized spacial score (nSPS) is 10.7. The van der Waals surface area contributed by atoms with Crippen molar-refractivity contribution >= 4 is 28.3 Å². The Bertz CT molecular complexity index is 1070. The van der Waals surface area contributed by atoms with Gasteiger partial charge in [0.15, 0.2) is 0 Å². The highest BCUT2D eigenvalue weighted by Crippen LogP contribution is 2.24. The number of fused-ring (bicyclic) bond motifs is 1. The maximum atomic E-state index is 12.5. The van der Waals surface area contributed by atoms with Gasteiger partial charge in [0.05, 0.1) is 18.3 Å². The molecular formula is C21H18N4O2. The number of anilines is 2. The second kappa shape index (κ2) is 7.29. The minimum atomic E-state index is -0.357. The Labute approximate surface area is 156 Å². The fraction of sp³-hybridized carbons (Fsp3) is 0.0952. The number of carbonyl (C=O) groups is 1. The monoisotopic (exact) mass is 358 g/mol. The van der Waals surface area contributed by atoms with E-state index in [2.05, 4.69) is 20.6 Å². The summed E-state index contributed by atoms with van der Waals surface area (Å²) in [6.07, 6.45) is 1.57. The lowest BCUT2D eigenvalue weighted by Gasteiger charge is -2.11. The number of amides is 1. The van der Waals surface area contributed by atoms with E-state index < -0.39 is 0 Å². The van der Waals surface area contributed by atoms with Crippen LogP contribution in [0.4, 0.5) is 11.5 Å². The minimum absolute atomic E-state index is 0.106. The largest absolute Gasteiger partial charge is 0.467 e. The fourth-order valence-electron chi connectivity index (χ4n) is 2.71. The summed E-state index contributed by atoms with van der Waals surface area (Å²) in [6, 6.07) is 19.1. The molecule has 27 heavy (non-hydrogen) atoms. The number of aromatic nitrogens is 2. The molecule has 2 aromatic carbocycles. The molecule has 6 heteroatoms. The van der Waals surface area contributed by atoms with Crippen LogP contribution in [0.15, 0.2) is 71.3 Å². The van der Waals surface area contributed by atoms with E-state index in [1.807, 2.05) is 55.5 Å². The molecule has 4 rings (SSSR count). The number of furan rings is 1. The van der Waals surface area contributed by atoms with E-state index in [9.17, 15) is 4.79 Å². The first-order chi connectivity index (χ1) is 13.2. The second-order valence-corrected chi connectivity index (χ2v) is 6.17. The van der Waals surface area contributed by atoms with Crippen molar-refractivity contribution < 1.29 is 9.21 Å². The highest BCUT2D eigenvalue weighted by atomic mass is 16.3. The van der Waals surface area contributed by atoms with E-state index in [-0.39, 0.29) is 18.3 Å². The smallest absolute Gasteiger partial charge is 0.289 e. The molecule has 0 aliphatic rings. The molecule has 0 saturated carbocycles. The van der Waals surface area contributed by atoms with Gasteiger partial charge in [-0.15, -0.1) is 0 Å². The summed E-state index contributed by atoms with van der Waals surface area (Å²) < 4.78 is 5.23. The van der Waals surface area contributed by atoms with Crippen molar-refractivity contribution in [2.24, 2.45) is 0 Å². The van der Waals surface area contributed by atoms with Crippen LogP contribution < -0.4 is 10.6 Å². The summed E-state index contributed by atoms with van der Waals surface area (Å²) in [5.74, 6) is 1.01. The Morgan fingerprint density at radius 1 is 1.00 bits per heavy atom. The van der Waals surface area contributed by atoms with Crippen molar-refractivity contribution in [1.29, 1.82) is 0 Å². The minimum Gasteiger partial charge on any atom is -0.467 e. The molecule has 2 aromatic heterocycles. The zero-order valence-electron chi connectivity index (χ0n) is 14.8. The maximum Gasteiger partial charge on any atom is 0.289 e. The molecule has 2 heterocycles. The number of para-hydroxylation sites is 1. The molecule has 1 amide bonds. The molecule has 0 radical (unpaired) electrons. The molecule has 0 spiro atoms. The molecule has 6 nitrogen and oxygen atoms in total. The lowest BCUT2D eigenvalue weighted by Crippen LogP contribution is -2.25. The lowest BCUT2D eigenvalue weighted by atomic mass is 10.2. The first-order valence-corrected chi connectivity index (χ1v) is 8.60.